The monoisotopic (exact) mass is 276 g/mol. The van der Waals surface area contributed by atoms with E-state index in [9.17, 15) is 4.79 Å². The lowest BCUT2D eigenvalue weighted by Crippen LogP contribution is -2.23. The van der Waals surface area contributed by atoms with Crippen LogP contribution in [0, 0.1) is 6.92 Å². The highest BCUT2D eigenvalue weighted by molar-refractivity contribution is 5.95. The van der Waals surface area contributed by atoms with Gasteiger partial charge in [0.15, 0.2) is 0 Å². The van der Waals surface area contributed by atoms with Crippen LogP contribution < -0.4 is 5.32 Å². The summed E-state index contributed by atoms with van der Waals surface area (Å²) in [5.41, 5.74) is 3.65. The number of para-hydroxylation sites is 1. The van der Waals surface area contributed by atoms with E-state index in [1.165, 1.54) is 0 Å². The SMILES string of the molecule is Cc1ccccc1C(=O)NCc1cccc2cccnc12. The van der Waals surface area contributed by atoms with E-state index in [1.807, 2.05) is 61.5 Å². The van der Waals surface area contributed by atoms with Crippen LogP contribution in [0.15, 0.2) is 60.8 Å². The highest BCUT2D eigenvalue weighted by Crippen LogP contribution is 2.16. The molecular weight excluding hydrogens is 260 g/mol. The van der Waals surface area contributed by atoms with Crippen LogP contribution in [0.1, 0.15) is 21.5 Å². The third kappa shape index (κ3) is 2.77. The number of pyridine rings is 1. The Morgan fingerprint density at radius 1 is 1.05 bits per heavy atom. The molecule has 1 amide bonds. The molecule has 3 nitrogen and oxygen atoms in total. The molecule has 1 N–H and O–H groups in total. The van der Waals surface area contributed by atoms with Crippen molar-refractivity contribution < 1.29 is 4.79 Å². The van der Waals surface area contributed by atoms with E-state index >= 15 is 0 Å². The average Bonchev–Trinajstić information content (AvgIpc) is 2.53. The number of benzene rings is 2. The van der Waals surface area contributed by atoms with Gasteiger partial charge in [0.2, 0.25) is 0 Å². The second kappa shape index (κ2) is 5.75. The molecule has 104 valence electrons. The van der Waals surface area contributed by atoms with E-state index in [-0.39, 0.29) is 5.91 Å². The topological polar surface area (TPSA) is 42.0 Å². The van der Waals surface area contributed by atoms with Gasteiger partial charge in [0.25, 0.3) is 5.91 Å². The van der Waals surface area contributed by atoms with Crippen LogP contribution in [0.25, 0.3) is 10.9 Å². The molecule has 3 rings (SSSR count). The Hall–Kier alpha value is -2.68. The molecular formula is C18H16N2O. The quantitative estimate of drug-likeness (QED) is 0.796. The van der Waals surface area contributed by atoms with Gasteiger partial charge >= 0.3 is 0 Å². The van der Waals surface area contributed by atoms with Crippen LogP contribution in [0.2, 0.25) is 0 Å². The molecule has 1 heterocycles. The Bertz CT molecular complexity index is 791. The Labute approximate surface area is 123 Å². The van der Waals surface area contributed by atoms with Gasteiger partial charge in [0.1, 0.15) is 0 Å². The van der Waals surface area contributed by atoms with Gasteiger partial charge in [-0.25, -0.2) is 0 Å². The molecule has 0 unspecified atom stereocenters. The van der Waals surface area contributed by atoms with Crippen LogP contribution >= 0.6 is 0 Å². The Kier molecular flexibility index (Phi) is 3.65. The highest BCUT2D eigenvalue weighted by atomic mass is 16.1. The largest absolute Gasteiger partial charge is 0.348 e. The van der Waals surface area contributed by atoms with Crippen molar-refractivity contribution in [2.45, 2.75) is 13.5 Å². The van der Waals surface area contributed by atoms with E-state index in [4.69, 9.17) is 0 Å². The molecule has 2 aromatic carbocycles. The van der Waals surface area contributed by atoms with Crippen LogP contribution in [0.4, 0.5) is 0 Å². The van der Waals surface area contributed by atoms with E-state index in [0.29, 0.717) is 12.1 Å². The number of nitrogens with zero attached hydrogens (tertiary/aromatic N) is 1. The lowest BCUT2D eigenvalue weighted by Gasteiger charge is -2.09. The first kappa shape index (κ1) is 13.3. The normalized spacial score (nSPS) is 10.5. The number of carbonyl (C=O) groups excluding carboxylic acids is 1. The summed E-state index contributed by atoms with van der Waals surface area (Å²) < 4.78 is 0. The molecule has 0 aliphatic rings. The van der Waals surface area contributed by atoms with Crippen molar-refractivity contribution in [3.63, 3.8) is 0 Å². The molecule has 0 bridgehead atoms. The number of nitrogens with one attached hydrogen (secondary N) is 1. The maximum atomic E-state index is 12.2. The van der Waals surface area contributed by atoms with Crippen molar-refractivity contribution in [1.29, 1.82) is 0 Å². The van der Waals surface area contributed by atoms with Gasteiger partial charge in [-0.1, -0.05) is 42.5 Å². The van der Waals surface area contributed by atoms with E-state index < -0.39 is 0 Å². The summed E-state index contributed by atoms with van der Waals surface area (Å²) in [6.07, 6.45) is 1.77. The van der Waals surface area contributed by atoms with Gasteiger partial charge in [-0.15, -0.1) is 0 Å². The van der Waals surface area contributed by atoms with E-state index in [0.717, 1.165) is 22.0 Å². The molecule has 0 spiro atoms. The number of hydrogen-bond acceptors (Lipinski definition) is 2. The summed E-state index contributed by atoms with van der Waals surface area (Å²) in [5, 5.41) is 4.05. The van der Waals surface area contributed by atoms with Gasteiger partial charge in [0.05, 0.1) is 5.52 Å². The van der Waals surface area contributed by atoms with Crippen molar-refractivity contribution in [3.8, 4) is 0 Å². The first-order chi connectivity index (χ1) is 10.3. The molecule has 0 saturated heterocycles. The van der Waals surface area contributed by atoms with Crippen LogP contribution in [0.5, 0.6) is 0 Å². The fraction of sp³-hybridized carbons (Fsp3) is 0.111. The van der Waals surface area contributed by atoms with E-state index in [1.54, 1.807) is 6.20 Å². The number of amides is 1. The zero-order chi connectivity index (χ0) is 14.7. The summed E-state index contributed by atoms with van der Waals surface area (Å²) in [7, 11) is 0. The van der Waals surface area contributed by atoms with E-state index in [2.05, 4.69) is 10.3 Å². The third-order valence-corrected chi connectivity index (χ3v) is 3.55. The van der Waals surface area contributed by atoms with Crippen molar-refractivity contribution in [3.05, 3.63) is 77.5 Å². The summed E-state index contributed by atoms with van der Waals surface area (Å²) in [5.74, 6) is -0.0546. The average molecular weight is 276 g/mol. The molecule has 21 heavy (non-hydrogen) atoms. The van der Waals surface area contributed by atoms with Crippen LogP contribution in [-0.4, -0.2) is 10.9 Å². The lowest BCUT2D eigenvalue weighted by molar-refractivity contribution is 0.0950. The first-order valence-electron chi connectivity index (χ1n) is 6.92. The van der Waals surface area contributed by atoms with Crippen molar-refractivity contribution in [1.82, 2.24) is 10.3 Å². The molecule has 3 heteroatoms. The zero-order valence-corrected chi connectivity index (χ0v) is 11.8. The molecule has 1 aromatic heterocycles. The summed E-state index contributed by atoms with van der Waals surface area (Å²) in [6.45, 7) is 2.41. The molecule has 0 atom stereocenters. The summed E-state index contributed by atoms with van der Waals surface area (Å²) in [6, 6.07) is 17.5. The van der Waals surface area contributed by atoms with Gasteiger partial charge in [-0.3, -0.25) is 9.78 Å². The fourth-order valence-corrected chi connectivity index (χ4v) is 2.41. The molecule has 0 saturated carbocycles. The Morgan fingerprint density at radius 3 is 2.71 bits per heavy atom. The first-order valence-corrected chi connectivity index (χ1v) is 6.92. The van der Waals surface area contributed by atoms with Crippen molar-refractivity contribution >= 4 is 16.8 Å². The number of carbonyl (C=O) groups is 1. The second-order valence-electron chi connectivity index (χ2n) is 4.99. The lowest BCUT2D eigenvalue weighted by atomic mass is 10.1. The molecule has 3 aromatic rings. The molecule has 0 aliphatic carbocycles. The number of fused-ring (bicyclic) bond motifs is 1. The molecule has 0 radical (unpaired) electrons. The Morgan fingerprint density at radius 2 is 1.86 bits per heavy atom. The fourth-order valence-electron chi connectivity index (χ4n) is 2.41. The number of hydrogen-bond donors (Lipinski definition) is 1. The van der Waals surface area contributed by atoms with Crippen LogP contribution in [0.3, 0.4) is 0 Å². The predicted octanol–water partition coefficient (Wildman–Crippen LogP) is 3.47. The Balaban J connectivity index is 1.81. The third-order valence-electron chi connectivity index (χ3n) is 3.55. The molecule has 0 fully saturated rings. The van der Waals surface area contributed by atoms with Crippen LogP contribution in [-0.2, 0) is 6.54 Å². The second-order valence-corrected chi connectivity index (χ2v) is 4.99. The van der Waals surface area contributed by atoms with Gasteiger partial charge in [0, 0.05) is 23.7 Å². The summed E-state index contributed by atoms with van der Waals surface area (Å²) >= 11 is 0. The smallest absolute Gasteiger partial charge is 0.251 e. The minimum Gasteiger partial charge on any atom is -0.348 e. The number of aryl methyl sites for hydroxylation is 1. The van der Waals surface area contributed by atoms with Crippen molar-refractivity contribution in [2.75, 3.05) is 0 Å². The summed E-state index contributed by atoms with van der Waals surface area (Å²) in [4.78, 5) is 16.6. The van der Waals surface area contributed by atoms with Gasteiger partial charge < -0.3 is 5.32 Å². The zero-order valence-electron chi connectivity index (χ0n) is 11.8. The maximum absolute atomic E-state index is 12.2. The number of rotatable bonds is 3. The maximum Gasteiger partial charge on any atom is 0.251 e. The minimum absolute atomic E-state index is 0.0546. The van der Waals surface area contributed by atoms with Crippen molar-refractivity contribution in [2.24, 2.45) is 0 Å². The molecule has 0 aliphatic heterocycles. The number of aromatic nitrogens is 1. The highest BCUT2D eigenvalue weighted by Gasteiger charge is 2.08. The minimum atomic E-state index is -0.0546. The standard InChI is InChI=1S/C18H16N2O/c1-13-6-2-3-10-16(13)18(21)20-12-15-8-4-7-14-9-5-11-19-17(14)15/h2-11H,12H2,1H3,(H,20,21). The predicted molar refractivity (Wildman–Crippen MR) is 84.1 cm³/mol. The van der Waals surface area contributed by atoms with Gasteiger partial charge in [-0.05, 0) is 30.2 Å². The van der Waals surface area contributed by atoms with Gasteiger partial charge in [-0.2, -0.15) is 0 Å².